The van der Waals surface area contributed by atoms with E-state index in [0.29, 0.717) is 6.54 Å². The summed E-state index contributed by atoms with van der Waals surface area (Å²) in [6.45, 7) is 7.75. The van der Waals surface area contributed by atoms with Gasteiger partial charge in [-0.3, -0.25) is 9.69 Å². The maximum Gasteiger partial charge on any atom is 0.261 e. The molecule has 10 heteroatoms. The van der Waals surface area contributed by atoms with Crippen molar-refractivity contribution >= 4 is 42.4 Å². The third kappa shape index (κ3) is 4.97. The molecule has 0 aliphatic heterocycles. The lowest BCUT2D eigenvalue weighted by Crippen LogP contribution is -2.39. The van der Waals surface area contributed by atoms with Gasteiger partial charge in [0.15, 0.2) is 20.8 Å². The normalized spacial score (nSPS) is 11.9. The SMILES string of the molecule is CCN(CC)CCN(C(=O)c1ccccc1S(=O)(=O)CC)c1nc2c(F)cc(F)cc2s1. The topological polar surface area (TPSA) is 70.6 Å². The predicted octanol–water partition coefficient (Wildman–Crippen LogP) is 4.36. The van der Waals surface area contributed by atoms with Crippen LogP contribution in [0.2, 0.25) is 0 Å². The Labute approximate surface area is 190 Å². The number of nitrogens with zero attached hydrogens (tertiary/aromatic N) is 3. The van der Waals surface area contributed by atoms with Crippen molar-refractivity contribution in [2.45, 2.75) is 25.7 Å². The number of benzene rings is 2. The third-order valence-electron chi connectivity index (χ3n) is 5.24. The predicted molar refractivity (Wildman–Crippen MR) is 123 cm³/mol. The molecule has 0 unspecified atom stereocenters. The van der Waals surface area contributed by atoms with Crippen LogP contribution in [0, 0.1) is 11.6 Å². The van der Waals surface area contributed by atoms with Gasteiger partial charge in [-0.2, -0.15) is 0 Å². The molecule has 0 N–H and O–H groups in total. The number of halogens is 2. The molecular weight excluding hydrogens is 456 g/mol. The van der Waals surface area contributed by atoms with Gasteiger partial charge < -0.3 is 4.90 Å². The quantitative estimate of drug-likeness (QED) is 0.454. The second-order valence-corrected chi connectivity index (χ2v) is 10.4. The lowest BCUT2D eigenvalue weighted by Gasteiger charge is -2.25. The van der Waals surface area contributed by atoms with Gasteiger partial charge in [0.25, 0.3) is 5.91 Å². The Kier molecular flexibility index (Phi) is 7.58. The van der Waals surface area contributed by atoms with E-state index >= 15 is 0 Å². The zero-order valence-electron chi connectivity index (χ0n) is 18.1. The van der Waals surface area contributed by atoms with Gasteiger partial charge in [-0.15, -0.1) is 0 Å². The van der Waals surface area contributed by atoms with Crippen LogP contribution in [0.1, 0.15) is 31.1 Å². The first-order valence-corrected chi connectivity index (χ1v) is 12.8. The summed E-state index contributed by atoms with van der Waals surface area (Å²) in [4.78, 5) is 21.2. The van der Waals surface area contributed by atoms with Gasteiger partial charge >= 0.3 is 0 Å². The number of carbonyl (C=O) groups is 1. The van der Waals surface area contributed by atoms with Gasteiger partial charge in [-0.25, -0.2) is 22.2 Å². The van der Waals surface area contributed by atoms with Crippen molar-refractivity contribution in [3.63, 3.8) is 0 Å². The molecule has 3 rings (SSSR count). The zero-order chi connectivity index (χ0) is 23.5. The van der Waals surface area contributed by atoms with Crippen LogP contribution in [0.15, 0.2) is 41.3 Å². The van der Waals surface area contributed by atoms with Crippen LogP contribution in [0.3, 0.4) is 0 Å². The average Bonchev–Trinajstić information content (AvgIpc) is 3.20. The van der Waals surface area contributed by atoms with Crippen LogP contribution in [-0.2, 0) is 9.84 Å². The van der Waals surface area contributed by atoms with Crippen molar-refractivity contribution in [2.24, 2.45) is 0 Å². The zero-order valence-corrected chi connectivity index (χ0v) is 19.8. The number of likely N-dealkylation sites (N-methyl/N-ethyl adjacent to an activating group) is 1. The van der Waals surface area contributed by atoms with Crippen molar-refractivity contribution in [3.05, 3.63) is 53.6 Å². The summed E-state index contributed by atoms with van der Waals surface area (Å²) in [5, 5.41) is 0.186. The summed E-state index contributed by atoms with van der Waals surface area (Å²) in [6.07, 6.45) is 0. The highest BCUT2D eigenvalue weighted by molar-refractivity contribution is 7.91. The number of hydrogen-bond donors (Lipinski definition) is 0. The number of aromatic nitrogens is 1. The molecular formula is C22H25F2N3O3S2. The minimum Gasteiger partial charge on any atom is -0.302 e. The molecule has 0 radical (unpaired) electrons. The Balaban J connectivity index is 2.10. The molecule has 32 heavy (non-hydrogen) atoms. The summed E-state index contributed by atoms with van der Waals surface area (Å²) < 4.78 is 53.4. The first-order chi connectivity index (χ1) is 15.2. The molecule has 2 aromatic carbocycles. The summed E-state index contributed by atoms with van der Waals surface area (Å²) in [5.74, 6) is -2.24. The minimum absolute atomic E-state index is 0.0264. The number of carbonyl (C=O) groups excluding carboxylic acids is 1. The van der Waals surface area contributed by atoms with Gasteiger partial charge in [-0.05, 0) is 31.3 Å². The van der Waals surface area contributed by atoms with Crippen LogP contribution in [0.5, 0.6) is 0 Å². The second-order valence-electron chi connectivity index (χ2n) is 7.11. The third-order valence-corrected chi connectivity index (χ3v) is 8.06. The van der Waals surface area contributed by atoms with E-state index in [1.54, 1.807) is 12.1 Å². The Bertz CT molecular complexity index is 1220. The molecule has 0 fully saturated rings. The van der Waals surface area contributed by atoms with E-state index in [0.717, 1.165) is 30.5 Å². The molecule has 0 spiro atoms. The van der Waals surface area contributed by atoms with Gasteiger partial charge in [0.1, 0.15) is 11.3 Å². The number of sulfone groups is 1. The number of hydrogen-bond acceptors (Lipinski definition) is 6. The summed E-state index contributed by atoms with van der Waals surface area (Å²) in [5.41, 5.74) is 0.00121. The average molecular weight is 482 g/mol. The molecule has 0 bridgehead atoms. The van der Waals surface area contributed by atoms with Crippen molar-refractivity contribution in [3.8, 4) is 0 Å². The lowest BCUT2D eigenvalue weighted by molar-refractivity contribution is 0.0980. The highest BCUT2D eigenvalue weighted by Gasteiger charge is 2.28. The van der Waals surface area contributed by atoms with Crippen molar-refractivity contribution in [1.82, 2.24) is 9.88 Å². The number of thiazole rings is 1. The molecule has 0 atom stereocenters. The number of anilines is 1. The molecule has 0 aliphatic carbocycles. The highest BCUT2D eigenvalue weighted by Crippen LogP contribution is 2.32. The summed E-state index contributed by atoms with van der Waals surface area (Å²) in [7, 11) is -3.65. The number of fused-ring (bicyclic) bond motifs is 1. The van der Waals surface area contributed by atoms with Gasteiger partial charge in [0, 0.05) is 19.2 Å². The maximum atomic E-state index is 14.3. The lowest BCUT2D eigenvalue weighted by atomic mass is 10.2. The van der Waals surface area contributed by atoms with Crippen molar-refractivity contribution in [1.29, 1.82) is 0 Å². The molecule has 1 amide bonds. The fourth-order valence-electron chi connectivity index (χ4n) is 3.34. The minimum atomic E-state index is -3.65. The van der Waals surface area contributed by atoms with Crippen LogP contribution < -0.4 is 4.90 Å². The highest BCUT2D eigenvalue weighted by atomic mass is 32.2. The maximum absolute atomic E-state index is 14.3. The largest absolute Gasteiger partial charge is 0.302 e. The van der Waals surface area contributed by atoms with Crippen LogP contribution >= 0.6 is 11.3 Å². The van der Waals surface area contributed by atoms with Crippen LogP contribution in [0.4, 0.5) is 13.9 Å². The Hall–Kier alpha value is -2.43. The molecule has 6 nitrogen and oxygen atoms in total. The Morgan fingerprint density at radius 3 is 2.41 bits per heavy atom. The standard InChI is InChI=1S/C22H25F2N3O3S2/c1-4-26(5-2)11-12-27(22-25-20-17(24)13-15(23)14-18(20)31-22)21(28)16-9-7-8-10-19(16)32(29,30)6-3/h7-10,13-14H,4-6,11-12H2,1-3H3. The molecule has 1 heterocycles. The van der Waals surface area contributed by atoms with E-state index < -0.39 is 27.4 Å². The molecule has 172 valence electrons. The van der Waals surface area contributed by atoms with Gasteiger partial charge in [0.2, 0.25) is 0 Å². The summed E-state index contributed by atoms with van der Waals surface area (Å²) >= 11 is 0.989. The smallest absolute Gasteiger partial charge is 0.261 e. The molecule has 0 saturated heterocycles. The number of rotatable bonds is 9. The van der Waals surface area contributed by atoms with E-state index in [1.807, 2.05) is 13.8 Å². The number of amides is 1. The van der Waals surface area contributed by atoms with Gasteiger partial charge in [-0.1, -0.05) is 44.2 Å². The van der Waals surface area contributed by atoms with E-state index in [4.69, 9.17) is 0 Å². The van der Waals surface area contributed by atoms with E-state index in [1.165, 1.54) is 30.0 Å². The van der Waals surface area contributed by atoms with E-state index in [9.17, 15) is 22.0 Å². The van der Waals surface area contributed by atoms with Gasteiger partial charge in [0.05, 0.1) is 20.9 Å². The van der Waals surface area contributed by atoms with Crippen LogP contribution in [-0.4, -0.2) is 56.1 Å². The van der Waals surface area contributed by atoms with E-state index in [2.05, 4.69) is 9.88 Å². The first-order valence-electron chi connectivity index (χ1n) is 10.3. The van der Waals surface area contributed by atoms with Crippen molar-refractivity contribution in [2.75, 3.05) is 36.8 Å². The molecule has 3 aromatic rings. The molecule has 0 saturated carbocycles. The Morgan fingerprint density at radius 1 is 1.06 bits per heavy atom. The van der Waals surface area contributed by atoms with Crippen molar-refractivity contribution < 1.29 is 22.0 Å². The monoisotopic (exact) mass is 481 g/mol. The first kappa shape index (κ1) is 24.2. The van der Waals surface area contributed by atoms with E-state index in [-0.39, 0.29) is 38.1 Å². The summed E-state index contributed by atoms with van der Waals surface area (Å²) in [6, 6.07) is 7.94. The Morgan fingerprint density at radius 2 is 1.75 bits per heavy atom. The molecule has 1 aromatic heterocycles. The fourth-order valence-corrected chi connectivity index (χ4v) is 5.46. The molecule has 0 aliphatic rings. The van der Waals surface area contributed by atoms with Crippen LogP contribution in [0.25, 0.3) is 10.2 Å². The fraction of sp³-hybridized carbons (Fsp3) is 0.364. The second kappa shape index (κ2) is 10.0.